The van der Waals surface area contributed by atoms with Gasteiger partial charge in [0.15, 0.2) is 0 Å². The van der Waals surface area contributed by atoms with Gasteiger partial charge in [0, 0.05) is 37.6 Å². The van der Waals surface area contributed by atoms with Crippen molar-refractivity contribution in [3.63, 3.8) is 0 Å². The second kappa shape index (κ2) is 6.20. The molecule has 114 valence electrons. The predicted molar refractivity (Wildman–Crippen MR) is 84.3 cm³/mol. The molecule has 5 nitrogen and oxygen atoms in total. The lowest BCUT2D eigenvalue weighted by molar-refractivity contribution is -0.131. The molecule has 0 N–H and O–H groups in total. The van der Waals surface area contributed by atoms with Crippen molar-refractivity contribution >= 4 is 11.4 Å². The van der Waals surface area contributed by atoms with Crippen LogP contribution in [0.25, 0.3) is 5.52 Å². The van der Waals surface area contributed by atoms with E-state index in [2.05, 4.69) is 6.07 Å². The molecule has 1 saturated heterocycles. The van der Waals surface area contributed by atoms with Crippen LogP contribution in [0.3, 0.4) is 0 Å². The molecule has 1 fully saturated rings. The molecule has 0 radical (unpaired) electrons. The first-order valence-electron chi connectivity index (χ1n) is 7.64. The third-order valence-corrected chi connectivity index (χ3v) is 4.18. The summed E-state index contributed by atoms with van der Waals surface area (Å²) in [6.07, 6.45) is 6.14. The smallest absolute Gasteiger partial charge is 0.236 e. The lowest BCUT2D eigenvalue weighted by atomic mass is 10.1. The van der Waals surface area contributed by atoms with Crippen molar-refractivity contribution in [3.8, 4) is 6.07 Å². The van der Waals surface area contributed by atoms with Gasteiger partial charge in [-0.25, -0.2) is 0 Å². The summed E-state index contributed by atoms with van der Waals surface area (Å²) in [5.74, 6) is 0.183. The van der Waals surface area contributed by atoms with E-state index in [-0.39, 0.29) is 5.91 Å². The van der Waals surface area contributed by atoms with Crippen LogP contribution in [-0.2, 0) is 11.3 Å². The van der Waals surface area contributed by atoms with Gasteiger partial charge in [0.2, 0.25) is 5.91 Å². The third kappa shape index (κ3) is 2.83. The largest absolute Gasteiger partial charge is 0.342 e. The van der Waals surface area contributed by atoms with Crippen LogP contribution in [0.5, 0.6) is 0 Å². The molecule has 1 aliphatic heterocycles. The standard InChI is InChI=1S/C17H20N4O/c1-19(13-17(22)20-7-4-5-8-20)11-14-12-21-9-3-2-6-16(21)15(14)10-18/h2-3,6,9,12H,4-5,7-8,11,13H2,1H3. The summed E-state index contributed by atoms with van der Waals surface area (Å²) in [6.45, 7) is 2.76. The van der Waals surface area contributed by atoms with Gasteiger partial charge in [0.1, 0.15) is 6.07 Å². The Morgan fingerprint density at radius 3 is 2.86 bits per heavy atom. The molecule has 1 aliphatic rings. The van der Waals surface area contributed by atoms with Crippen LogP contribution in [0.2, 0.25) is 0 Å². The molecule has 2 aromatic heterocycles. The molecule has 3 rings (SSSR count). The van der Waals surface area contributed by atoms with E-state index >= 15 is 0 Å². The number of likely N-dealkylation sites (N-methyl/N-ethyl adjacent to an activating group) is 1. The Labute approximate surface area is 130 Å². The summed E-state index contributed by atoms with van der Waals surface area (Å²) in [5.41, 5.74) is 2.57. The molecule has 1 amide bonds. The lowest BCUT2D eigenvalue weighted by Crippen LogP contribution is -2.37. The molecule has 3 heterocycles. The molecule has 0 atom stereocenters. The van der Waals surface area contributed by atoms with E-state index in [1.807, 2.05) is 51.8 Å². The maximum Gasteiger partial charge on any atom is 0.236 e. The summed E-state index contributed by atoms with van der Waals surface area (Å²) < 4.78 is 1.96. The number of rotatable bonds is 4. The highest BCUT2D eigenvalue weighted by atomic mass is 16.2. The number of aromatic nitrogens is 1. The van der Waals surface area contributed by atoms with Crippen LogP contribution in [-0.4, -0.2) is 46.8 Å². The lowest BCUT2D eigenvalue weighted by Gasteiger charge is -2.20. The Balaban J connectivity index is 1.72. The van der Waals surface area contributed by atoms with Gasteiger partial charge in [-0.15, -0.1) is 0 Å². The van der Waals surface area contributed by atoms with Crippen molar-refractivity contribution in [2.45, 2.75) is 19.4 Å². The summed E-state index contributed by atoms with van der Waals surface area (Å²) in [7, 11) is 1.93. The van der Waals surface area contributed by atoms with Gasteiger partial charge in [-0.2, -0.15) is 5.26 Å². The Bertz CT molecular complexity index is 722. The number of nitrogens with zero attached hydrogens (tertiary/aromatic N) is 4. The molecule has 5 heteroatoms. The van der Waals surface area contributed by atoms with Crippen LogP contribution in [0.1, 0.15) is 24.0 Å². The average Bonchev–Trinajstić information content (AvgIpc) is 3.14. The quantitative estimate of drug-likeness (QED) is 0.865. The minimum atomic E-state index is 0.183. The van der Waals surface area contributed by atoms with Crippen molar-refractivity contribution in [2.75, 3.05) is 26.7 Å². The summed E-state index contributed by atoms with van der Waals surface area (Å²) in [6, 6.07) is 8.11. The van der Waals surface area contributed by atoms with Gasteiger partial charge >= 0.3 is 0 Å². The van der Waals surface area contributed by atoms with E-state index in [0.717, 1.165) is 37.0 Å². The second-order valence-corrected chi connectivity index (χ2v) is 5.89. The third-order valence-electron chi connectivity index (χ3n) is 4.18. The highest BCUT2D eigenvalue weighted by molar-refractivity contribution is 5.78. The first-order valence-corrected chi connectivity index (χ1v) is 7.64. The Morgan fingerprint density at radius 1 is 1.36 bits per heavy atom. The van der Waals surface area contributed by atoms with Gasteiger partial charge in [-0.05, 0) is 32.0 Å². The summed E-state index contributed by atoms with van der Waals surface area (Å²) in [4.78, 5) is 16.1. The summed E-state index contributed by atoms with van der Waals surface area (Å²) in [5, 5.41) is 9.42. The van der Waals surface area contributed by atoms with Gasteiger partial charge in [0.25, 0.3) is 0 Å². The van der Waals surface area contributed by atoms with Crippen LogP contribution in [0.4, 0.5) is 0 Å². The molecule has 22 heavy (non-hydrogen) atoms. The Hall–Kier alpha value is -2.32. The summed E-state index contributed by atoms with van der Waals surface area (Å²) >= 11 is 0. The van der Waals surface area contributed by atoms with Crippen LogP contribution < -0.4 is 0 Å². The Morgan fingerprint density at radius 2 is 2.14 bits per heavy atom. The van der Waals surface area contributed by atoms with E-state index in [0.29, 0.717) is 18.7 Å². The monoisotopic (exact) mass is 296 g/mol. The number of fused-ring (bicyclic) bond motifs is 1. The molecule has 0 bridgehead atoms. The fourth-order valence-electron chi connectivity index (χ4n) is 3.07. The number of pyridine rings is 1. The SMILES string of the molecule is CN(CC(=O)N1CCCC1)Cc1cn2ccccc2c1C#N. The number of carbonyl (C=O) groups excluding carboxylic acids is 1. The number of hydrogen-bond donors (Lipinski definition) is 0. The first kappa shape index (κ1) is 14.6. The van der Waals surface area contributed by atoms with Crippen LogP contribution >= 0.6 is 0 Å². The van der Waals surface area contributed by atoms with Crippen molar-refractivity contribution in [1.82, 2.24) is 14.2 Å². The van der Waals surface area contributed by atoms with Crippen molar-refractivity contribution in [1.29, 1.82) is 5.26 Å². The topological polar surface area (TPSA) is 51.8 Å². The van der Waals surface area contributed by atoms with Crippen molar-refractivity contribution in [3.05, 3.63) is 41.7 Å². The Kier molecular flexibility index (Phi) is 4.12. The van der Waals surface area contributed by atoms with E-state index in [4.69, 9.17) is 0 Å². The minimum Gasteiger partial charge on any atom is -0.342 e. The average molecular weight is 296 g/mol. The first-order chi connectivity index (χ1) is 10.7. The number of amides is 1. The number of likely N-dealkylation sites (tertiary alicyclic amines) is 1. The maximum absolute atomic E-state index is 12.2. The zero-order chi connectivity index (χ0) is 15.5. The fourth-order valence-corrected chi connectivity index (χ4v) is 3.07. The highest BCUT2D eigenvalue weighted by Gasteiger charge is 2.20. The van der Waals surface area contributed by atoms with E-state index in [1.165, 1.54) is 0 Å². The number of nitriles is 1. The van der Waals surface area contributed by atoms with Gasteiger partial charge < -0.3 is 9.30 Å². The second-order valence-electron chi connectivity index (χ2n) is 5.89. The van der Waals surface area contributed by atoms with Crippen molar-refractivity contribution < 1.29 is 4.79 Å². The van der Waals surface area contributed by atoms with Gasteiger partial charge in [-0.1, -0.05) is 6.07 Å². The van der Waals surface area contributed by atoms with Gasteiger partial charge in [0.05, 0.1) is 17.6 Å². The highest BCUT2D eigenvalue weighted by Crippen LogP contribution is 2.19. The molecule has 0 aliphatic carbocycles. The fraction of sp³-hybridized carbons (Fsp3) is 0.412. The molecular weight excluding hydrogens is 276 g/mol. The zero-order valence-corrected chi connectivity index (χ0v) is 12.8. The molecule has 2 aromatic rings. The van der Waals surface area contributed by atoms with E-state index in [9.17, 15) is 10.1 Å². The molecule has 0 aromatic carbocycles. The van der Waals surface area contributed by atoms with Crippen LogP contribution in [0.15, 0.2) is 30.6 Å². The predicted octanol–water partition coefficient (Wildman–Crippen LogP) is 1.87. The molecular formula is C17H20N4O. The normalized spacial score (nSPS) is 14.7. The van der Waals surface area contributed by atoms with Crippen LogP contribution in [0, 0.1) is 11.3 Å². The van der Waals surface area contributed by atoms with Gasteiger partial charge in [-0.3, -0.25) is 9.69 Å². The minimum absolute atomic E-state index is 0.183. The molecule has 0 unspecified atom stereocenters. The molecule has 0 spiro atoms. The molecule has 0 saturated carbocycles. The van der Waals surface area contributed by atoms with E-state index in [1.54, 1.807) is 0 Å². The zero-order valence-electron chi connectivity index (χ0n) is 12.8. The number of hydrogen-bond acceptors (Lipinski definition) is 3. The number of carbonyl (C=O) groups is 1. The van der Waals surface area contributed by atoms with E-state index < -0.39 is 0 Å². The van der Waals surface area contributed by atoms with Crippen molar-refractivity contribution in [2.24, 2.45) is 0 Å². The maximum atomic E-state index is 12.2.